The third kappa shape index (κ3) is 6.69. The normalized spacial score (nSPS) is 14.4. The number of guanidine groups is 1. The van der Waals surface area contributed by atoms with Crippen LogP contribution in [0.4, 0.5) is 0 Å². The van der Waals surface area contributed by atoms with Crippen LogP contribution < -0.4 is 10.6 Å². The molecule has 3 rings (SSSR count). The Labute approximate surface area is 185 Å². The zero-order valence-electron chi connectivity index (χ0n) is 18.8. The van der Waals surface area contributed by atoms with Gasteiger partial charge in [0, 0.05) is 45.3 Å². The quantitative estimate of drug-likeness (QED) is 0.535. The van der Waals surface area contributed by atoms with Gasteiger partial charge in [-0.3, -0.25) is 9.79 Å². The van der Waals surface area contributed by atoms with Gasteiger partial charge in [-0.25, -0.2) is 0 Å². The number of benzene rings is 2. The number of carbonyl (C=O) groups excluding carboxylic acids is 1. The molecule has 1 aliphatic rings. The molecular weight excluding hydrogens is 386 g/mol. The van der Waals surface area contributed by atoms with Gasteiger partial charge in [-0.15, -0.1) is 0 Å². The van der Waals surface area contributed by atoms with E-state index in [1.54, 1.807) is 0 Å². The Kier molecular flexibility index (Phi) is 8.24. The lowest BCUT2D eigenvalue weighted by molar-refractivity contribution is 0.0951. The van der Waals surface area contributed by atoms with Gasteiger partial charge in [0.2, 0.25) is 0 Å². The molecule has 2 N–H and O–H groups in total. The number of rotatable bonds is 7. The fraction of sp³-hybridized carbons (Fsp3) is 0.360. The predicted octanol–water partition coefficient (Wildman–Crippen LogP) is 2.84. The van der Waals surface area contributed by atoms with Crippen LogP contribution in [0.1, 0.15) is 27.9 Å². The molecule has 0 radical (unpaired) electrons. The molecule has 0 saturated heterocycles. The number of hydrogen-bond acceptors (Lipinski definition) is 3. The van der Waals surface area contributed by atoms with Crippen LogP contribution in [0.5, 0.6) is 0 Å². The van der Waals surface area contributed by atoms with E-state index >= 15 is 0 Å². The summed E-state index contributed by atoms with van der Waals surface area (Å²) in [4.78, 5) is 21.1. The molecule has 2 aromatic rings. The topological polar surface area (TPSA) is 60.0 Å². The number of amides is 1. The largest absolute Gasteiger partial charge is 0.352 e. The van der Waals surface area contributed by atoms with Gasteiger partial charge in [-0.05, 0) is 49.3 Å². The highest BCUT2D eigenvalue weighted by atomic mass is 16.1. The van der Waals surface area contributed by atoms with Crippen LogP contribution in [0.2, 0.25) is 0 Å². The number of nitrogens with zero attached hydrogens (tertiary/aromatic N) is 3. The molecule has 1 amide bonds. The Bertz CT molecular complexity index is 921. The maximum absolute atomic E-state index is 12.4. The monoisotopic (exact) mass is 419 g/mol. The lowest BCUT2D eigenvalue weighted by Gasteiger charge is -2.30. The summed E-state index contributed by atoms with van der Waals surface area (Å²) in [7, 11) is 5.80. The molecule has 164 valence electrons. The van der Waals surface area contributed by atoms with Crippen LogP contribution in [-0.4, -0.2) is 69.0 Å². The fourth-order valence-corrected chi connectivity index (χ4v) is 3.61. The molecule has 0 fully saturated rings. The van der Waals surface area contributed by atoms with Crippen LogP contribution in [0.3, 0.4) is 0 Å². The average molecular weight is 420 g/mol. The Balaban J connectivity index is 1.54. The molecule has 0 unspecified atom stereocenters. The lowest BCUT2D eigenvalue weighted by atomic mass is 10.00. The Hall–Kier alpha value is -3.12. The molecule has 6 heteroatoms. The van der Waals surface area contributed by atoms with Crippen molar-refractivity contribution in [2.45, 2.75) is 13.0 Å². The molecule has 0 spiro atoms. The van der Waals surface area contributed by atoms with Crippen molar-refractivity contribution >= 4 is 17.4 Å². The van der Waals surface area contributed by atoms with Crippen molar-refractivity contribution in [2.24, 2.45) is 4.99 Å². The Morgan fingerprint density at radius 2 is 1.90 bits per heavy atom. The maximum Gasteiger partial charge on any atom is 0.251 e. The zero-order chi connectivity index (χ0) is 22.1. The van der Waals surface area contributed by atoms with E-state index in [-0.39, 0.29) is 5.91 Å². The number of likely N-dealkylation sites (N-methyl/N-ethyl adjacent to an activating group) is 1. The standard InChI is InChI=1S/C25H33N5O/c1-26-25(30-15-12-22(13-16-30)21-9-5-4-6-10-21)28-19-20-8-7-11-23(18-20)24(31)27-14-17-29(2)3/h4-12,18H,13-17,19H2,1-3H3,(H,26,28)(H,27,31). The van der Waals surface area contributed by atoms with E-state index < -0.39 is 0 Å². The highest BCUT2D eigenvalue weighted by Gasteiger charge is 2.16. The van der Waals surface area contributed by atoms with Gasteiger partial charge in [-0.1, -0.05) is 48.5 Å². The molecule has 0 aliphatic carbocycles. The van der Waals surface area contributed by atoms with E-state index in [9.17, 15) is 4.79 Å². The van der Waals surface area contributed by atoms with Crippen LogP contribution in [0, 0.1) is 0 Å². The second-order valence-corrected chi connectivity index (χ2v) is 7.95. The minimum atomic E-state index is -0.0392. The van der Waals surface area contributed by atoms with Gasteiger partial charge in [0.1, 0.15) is 0 Å². The first kappa shape index (κ1) is 22.6. The molecule has 1 aliphatic heterocycles. The summed E-state index contributed by atoms with van der Waals surface area (Å²) in [6.07, 6.45) is 3.28. The molecule has 2 aromatic carbocycles. The van der Waals surface area contributed by atoms with E-state index in [2.05, 4.69) is 50.9 Å². The molecule has 31 heavy (non-hydrogen) atoms. The van der Waals surface area contributed by atoms with Gasteiger partial charge in [0.15, 0.2) is 5.96 Å². The summed E-state index contributed by atoms with van der Waals surface area (Å²) >= 11 is 0. The fourth-order valence-electron chi connectivity index (χ4n) is 3.61. The summed E-state index contributed by atoms with van der Waals surface area (Å²) in [6, 6.07) is 18.3. The summed E-state index contributed by atoms with van der Waals surface area (Å²) < 4.78 is 0. The molecule has 6 nitrogen and oxygen atoms in total. The SMILES string of the molecule is CN=C(NCc1cccc(C(=O)NCCN(C)C)c1)N1CC=C(c2ccccc2)CC1. The first-order valence-corrected chi connectivity index (χ1v) is 10.8. The number of hydrogen-bond donors (Lipinski definition) is 2. The summed E-state index contributed by atoms with van der Waals surface area (Å²) in [5.41, 5.74) is 4.42. The summed E-state index contributed by atoms with van der Waals surface area (Å²) in [5, 5.41) is 6.41. The first-order valence-electron chi connectivity index (χ1n) is 10.8. The molecule has 0 atom stereocenters. The summed E-state index contributed by atoms with van der Waals surface area (Å²) in [6.45, 7) is 3.83. The second-order valence-electron chi connectivity index (χ2n) is 7.95. The van der Waals surface area contributed by atoms with Crippen molar-refractivity contribution in [2.75, 3.05) is 47.3 Å². The van der Waals surface area contributed by atoms with E-state index in [1.807, 2.05) is 56.4 Å². The second kappa shape index (κ2) is 11.3. The van der Waals surface area contributed by atoms with Crippen LogP contribution in [0.25, 0.3) is 5.57 Å². The van der Waals surface area contributed by atoms with Gasteiger partial charge in [-0.2, -0.15) is 0 Å². The van der Waals surface area contributed by atoms with Gasteiger partial charge in [0.05, 0.1) is 0 Å². The van der Waals surface area contributed by atoms with Gasteiger partial charge < -0.3 is 20.4 Å². The Morgan fingerprint density at radius 1 is 1.10 bits per heavy atom. The highest BCUT2D eigenvalue weighted by molar-refractivity contribution is 5.94. The van der Waals surface area contributed by atoms with Crippen molar-refractivity contribution in [3.63, 3.8) is 0 Å². The van der Waals surface area contributed by atoms with Crippen molar-refractivity contribution in [1.82, 2.24) is 20.4 Å². The number of nitrogens with one attached hydrogen (secondary N) is 2. The van der Waals surface area contributed by atoms with E-state index in [0.717, 1.165) is 37.6 Å². The zero-order valence-corrected chi connectivity index (χ0v) is 18.8. The minimum Gasteiger partial charge on any atom is -0.352 e. The molecule has 0 bridgehead atoms. The number of aliphatic imine (C=N–C) groups is 1. The maximum atomic E-state index is 12.4. The van der Waals surface area contributed by atoms with Crippen molar-refractivity contribution in [3.05, 3.63) is 77.4 Å². The van der Waals surface area contributed by atoms with Crippen molar-refractivity contribution < 1.29 is 4.79 Å². The van der Waals surface area contributed by atoms with Crippen LogP contribution >= 0.6 is 0 Å². The summed E-state index contributed by atoms with van der Waals surface area (Å²) in [5.74, 6) is 0.840. The molecule has 0 saturated carbocycles. The third-order valence-corrected chi connectivity index (χ3v) is 5.35. The third-order valence-electron chi connectivity index (χ3n) is 5.35. The molecule has 0 aromatic heterocycles. The van der Waals surface area contributed by atoms with Crippen molar-refractivity contribution in [3.8, 4) is 0 Å². The van der Waals surface area contributed by atoms with E-state index in [1.165, 1.54) is 11.1 Å². The van der Waals surface area contributed by atoms with Gasteiger partial charge in [0.25, 0.3) is 5.91 Å². The smallest absolute Gasteiger partial charge is 0.251 e. The lowest BCUT2D eigenvalue weighted by Crippen LogP contribution is -2.43. The van der Waals surface area contributed by atoms with Crippen molar-refractivity contribution in [1.29, 1.82) is 0 Å². The Morgan fingerprint density at radius 3 is 2.58 bits per heavy atom. The molecular formula is C25H33N5O. The van der Waals surface area contributed by atoms with Crippen LogP contribution in [0.15, 0.2) is 65.7 Å². The minimum absolute atomic E-state index is 0.0392. The first-order chi connectivity index (χ1) is 15.1. The van der Waals surface area contributed by atoms with E-state index in [0.29, 0.717) is 18.7 Å². The average Bonchev–Trinajstić information content (AvgIpc) is 2.80. The van der Waals surface area contributed by atoms with Gasteiger partial charge >= 0.3 is 0 Å². The van der Waals surface area contributed by atoms with E-state index in [4.69, 9.17) is 0 Å². The number of carbonyl (C=O) groups is 1. The predicted molar refractivity (Wildman–Crippen MR) is 128 cm³/mol. The van der Waals surface area contributed by atoms with Crippen LogP contribution in [-0.2, 0) is 6.54 Å². The molecule has 1 heterocycles. The highest BCUT2D eigenvalue weighted by Crippen LogP contribution is 2.22.